The van der Waals surface area contributed by atoms with Gasteiger partial charge >= 0.3 is 0 Å². The number of aryl methyl sites for hydroxylation is 1. The Morgan fingerprint density at radius 3 is 2.27 bits per heavy atom. The number of piperidine rings is 1. The summed E-state index contributed by atoms with van der Waals surface area (Å²) in [5, 5.41) is 4.56. The molecule has 9 heteroatoms. The Balaban J connectivity index is 0.000000245. The molecule has 1 aromatic heterocycles. The van der Waals surface area contributed by atoms with E-state index >= 15 is 0 Å². The van der Waals surface area contributed by atoms with Gasteiger partial charge in [-0.3, -0.25) is 19.2 Å². The van der Waals surface area contributed by atoms with Gasteiger partial charge in [-0.05, 0) is 104 Å². The lowest BCUT2D eigenvalue weighted by Gasteiger charge is -2.32. The van der Waals surface area contributed by atoms with Crippen LogP contribution in [0.4, 0.5) is 4.39 Å². The second-order valence-electron chi connectivity index (χ2n) is 11.6. The van der Waals surface area contributed by atoms with Crippen LogP contribution in [-0.4, -0.2) is 58.1 Å². The number of hydrogen-bond donors (Lipinski definition) is 1. The molecule has 2 aliphatic rings. The minimum absolute atomic E-state index is 0.0482. The number of amides is 2. The number of halogens is 1. The van der Waals surface area contributed by atoms with Gasteiger partial charge in [0.05, 0.1) is 17.6 Å². The number of nitrogens with zero attached hydrogens (tertiary/aromatic N) is 4. The first-order valence-electron chi connectivity index (χ1n) is 15.2. The predicted molar refractivity (Wildman–Crippen MR) is 173 cm³/mol. The highest BCUT2D eigenvalue weighted by Gasteiger charge is 2.26. The zero-order chi connectivity index (χ0) is 30.9. The van der Waals surface area contributed by atoms with Crippen LogP contribution in [0.1, 0.15) is 60.4 Å². The topological polar surface area (TPSA) is 70.5 Å². The molecule has 1 N–H and O–H groups in total. The molecule has 1 unspecified atom stereocenters. The number of carbonyl (C=O) groups is 2. The maximum absolute atomic E-state index is 13.3. The van der Waals surface area contributed by atoms with Gasteiger partial charge in [-0.15, -0.1) is 0 Å². The second kappa shape index (κ2) is 15.2. The molecule has 2 fully saturated rings. The lowest BCUT2D eigenvalue weighted by atomic mass is 9.91. The minimum atomic E-state index is -0.232. The summed E-state index contributed by atoms with van der Waals surface area (Å²) in [7, 11) is 0. The van der Waals surface area contributed by atoms with Gasteiger partial charge in [0, 0.05) is 43.3 Å². The number of rotatable bonds is 8. The molecule has 0 radical (unpaired) electrons. The van der Waals surface area contributed by atoms with Crippen molar-refractivity contribution >= 4 is 24.3 Å². The third-order valence-electron chi connectivity index (χ3n) is 8.33. The molecule has 0 saturated carbocycles. The summed E-state index contributed by atoms with van der Waals surface area (Å²) in [5.74, 6) is 0.712. The van der Waals surface area contributed by atoms with Gasteiger partial charge in [-0.25, -0.2) is 9.07 Å². The first-order chi connectivity index (χ1) is 21.4. The fourth-order valence-corrected chi connectivity index (χ4v) is 6.55. The van der Waals surface area contributed by atoms with Gasteiger partial charge in [-0.2, -0.15) is 5.10 Å². The SMILES string of the molecule is CC(=O)NSc1ccc(CN2CCC(c3c(C)cnn3-c3ccc(F)cc3)CC2)cc1.O=CN1CCC(c2ccccc2)C1. The molecule has 7 nitrogen and oxygen atoms in total. The Hall–Kier alpha value is -3.95. The van der Waals surface area contributed by atoms with Crippen LogP contribution < -0.4 is 4.72 Å². The minimum Gasteiger partial charge on any atom is -0.345 e. The Bertz CT molecular complexity index is 1500. The second-order valence-corrected chi connectivity index (χ2v) is 12.4. The molecule has 0 aliphatic carbocycles. The van der Waals surface area contributed by atoms with Crippen molar-refractivity contribution in [1.82, 2.24) is 24.3 Å². The summed E-state index contributed by atoms with van der Waals surface area (Å²) in [6.45, 7) is 8.39. The van der Waals surface area contributed by atoms with Crippen LogP contribution in [-0.2, 0) is 16.1 Å². The van der Waals surface area contributed by atoms with Crippen LogP contribution in [0.5, 0.6) is 0 Å². The van der Waals surface area contributed by atoms with Crippen molar-refractivity contribution in [2.45, 2.75) is 56.4 Å². The van der Waals surface area contributed by atoms with Crippen LogP contribution in [0.3, 0.4) is 0 Å². The first kappa shape index (κ1) is 31.5. The van der Waals surface area contributed by atoms with Crippen LogP contribution >= 0.6 is 11.9 Å². The Morgan fingerprint density at radius 1 is 0.955 bits per heavy atom. The van der Waals surface area contributed by atoms with Crippen molar-refractivity contribution in [2.75, 3.05) is 26.2 Å². The average Bonchev–Trinajstić information content (AvgIpc) is 3.69. The maximum Gasteiger partial charge on any atom is 0.226 e. The van der Waals surface area contributed by atoms with Gasteiger partial charge in [-0.1, -0.05) is 42.5 Å². The van der Waals surface area contributed by atoms with E-state index in [1.807, 2.05) is 34.0 Å². The van der Waals surface area contributed by atoms with Gasteiger partial charge in [0.25, 0.3) is 0 Å². The summed E-state index contributed by atoms with van der Waals surface area (Å²) >= 11 is 1.34. The van der Waals surface area contributed by atoms with Crippen LogP contribution in [0.15, 0.2) is 90.0 Å². The number of carbonyl (C=O) groups excluding carboxylic acids is 2. The molecule has 44 heavy (non-hydrogen) atoms. The summed E-state index contributed by atoms with van der Waals surface area (Å²) < 4.78 is 18.0. The smallest absolute Gasteiger partial charge is 0.226 e. The van der Waals surface area contributed by atoms with Crippen LogP contribution in [0.2, 0.25) is 0 Å². The molecular formula is C35H40FN5O2S. The largest absolute Gasteiger partial charge is 0.345 e. The highest BCUT2D eigenvalue weighted by molar-refractivity contribution is 7.98. The third kappa shape index (κ3) is 8.36. The summed E-state index contributed by atoms with van der Waals surface area (Å²) in [5.41, 5.74) is 5.97. The zero-order valence-corrected chi connectivity index (χ0v) is 26.2. The van der Waals surface area contributed by atoms with Crippen molar-refractivity contribution in [2.24, 2.45) is 0 Å². The summed E-state index contributed by atoms with van der Waals surface area (Å²) in [6.07, 6.45) is 6.10. The van der Waals surface area contributed by atoms with E-state index in [4.69, 9.17) is 0 Å². The van der Waals surface area contributed by atoms with Gasteiger partial charge < -0.3 is 4.90 Å². The van der Waals surface area contributed by atoms with Gasteiger partial charge in [0.15, 0.2) is 0 Å². The Morgan fingerprint density at radius 2 is 1.64 bits per heavy atom. The van der Waals surface area contributed by atoms with Gasteiger partial charge in [0.2, 0.25) is 12.3 Å². The number of likely N-dealkylation sites (tertiary alicyclic amines) is 2. The molecule has 3 aromatic carbocycles. The van der Waals surface area contributed by atoms with E-state index in [1.54, 1.807) is 12.1 Å². The average molecular weight is 614 g/mol. The summed E-state index contributed by atoms with van der Waals surface area (Å²) in [6, 6.07) is 25.3. The quantitative estimate of drug-likeness (QED) is 0.182. The molecule has 2 aliphatic heterocycles. The molecule has 3 heterocycles. The number of hydrogen-bond acceptors (Lipinski definition) is 5. The lowest BCUT2D eigenvalue weighted by Crippen LogP contribution is -2.33. The molecule has 0 spiro atoms. The van der Waals surface area contributed by atoms with E-state index in [-0.39, 0.29) is 11.7 Å². The van der Waals surface area contributed by atoms with Crippen molar-refractivity contribution in [1.29, 1.82) is 0 Å². The zero-order valence-electron chi connectivity index (χ0n) is 25.4. The number of aromatic nitrogens is 2. The fourth-order valence-electron chi connectivity index (χ4n) is 6.02. The number of benzene rings is 3. The highest BCUT2D eigenvalue weighted by Crippen LogP contribution is 2.32. The summed E-state index contributed by atoms with van der Waals surface area (Å²) in [4.78, 5) is 26.9. The van der Waals surface area contributed by atoms with Crippen molar-refractivity contribution < 1.29 is 14.0 Å². The van der Waals surface area contributed by atoms with Gasteiger partial charge in [0.1, 0.15) is 5.82 Å². The molecule has 6 rings (SSSR count). The van der Waals surface area contributed by atoms with Crippen LogP contribution in [0.25, 0.3) is 5.69 Å². The normalized spacial score (nSPS) is 17.2. The predicted octanol–water partition coefficient (Wildman–Crippen LogP) is 6.47. The molecule has 2 saturated heterocycles. The Kier molecular flexibility index (Phi) is 10.9. The molecule has 1 atom stereocenters. The Labute approximate surface area is 263 Å². The first-order valence-corrected chi connectivity index (χ1v) is 16.0. The van der Waals surface area contributed by atoms with E-state index < -0.39 is 0 Å². The fraction of sp³-hybridized carbons (Fsp3) is 0.343. The molecule has 230 valence electrons. The molecule has 2 amide bonds. The molecule has 4 aromatic rings. The molecular weight excluding hydrogens is 573 g/mol. The van der Waals surface area contributed by atoms with Crippen LogP contribution in [0, 0.1) is 12.7 Å². The maximum atomic E-state index is 13.3. The standard InChI is InChI=1S/C24H27FN4OS.C11H13NO/c1-17-15-26-29(22-7-5-21(25)6-8-22)24(17)20-11-13-28(14-12-20)16-19-3-9-23(10-4-19)31-27-18(2)30;13-9-12-7-6-11(8-12)10-4-2-1-3-5-10/h3-10,15,20H,11-14,16H2,1-2H3,(H,27,30);1-5,9,11H,6-8H2. The van der Waals surface area contributed by atoms with Crippen molar-refractivity contribution in [3.05, 3.63) is 113 Å². The van der Waals surface area contributed by atoms with Crippen molar-refractivity contribution in [3.8, 4) is 5.69 Å². The highest BCUT2D eigenvalue weighted by atomic mass is 32.2. The molecule has 0 bridgehead atoms. The van der Waals surface area contributed by atoms with Crippen molar-refractivity contribution in [3.63, 3.8) is 0 Å². The van der Waals surface area contributed by atoms with E-state index in [2.05, 4.69) is 58.0 Å². The van der Waals surface area contributed by atoms with E-state index in [0.29, 0.717) is 11.8 Å². The lowest BCUT2D eigenvalue weighted by molar-refractivity contribution is -0.118. The monoisotopic (exact) mass is 613 g/mol. The third-order valence-corrected chi connectivity index (χ3v) is 9.22. The number of nitrogens with one attached hydrogen (secondary N) is 1. The van der Waals surface area contributed by atoms with E-state index in [1.165, 1.54) is 53.4 Å². The van der Waals surface area contributed by atoms with E-state index in [0.717, 1.165) is 69.0 Å². The van der Waals surface area contributed by atoms with E-state index in [9.17, 15) is 14.0 Å².